The van der Waals surface area contributed by atoms with Gasteiger partial charge in [0.1, 0.15) is 0 Å². The molecule has 2 aliphatic rings. The van der Waals surface area contributed by atoms with Crippen LogP contribution in [0.15, 0.2) is 22.7 Å². The van der Waals surface area contributed by atoms with Gasteiger partial charge in [0.05, 0.1) is 5.56 Å². The maximum atomic E-state index is 12.6. The van der Waals surface area contributed by atoms with Gasteiger partial charge < -0.3 is 15.1 Å². The smallest absolute Gasteiger partial charge is 0.312 e. The highest BCUT2D eigenvalue weighted by molar-refractivity contribution is 9.10. The zero-order chi connectivity index (χ0) is 17.3. The number of hydrogen-bond acceptors (Lipinski definition) is 3. The molecule has 1 aliphatic heterocycles. The topological polar surface area (TPSA) is 69.7 Å². The van der Waals surface area contributed by atoms with Crippen LogP contribution >= 0.6 is 27.5 Å². The molecule has 1 saturated carbocycles. The highest BCUT2D eigenvalue weighted by Gasteiger charge is 2.32. The van der Waals surface area contributed by atoms with Gasteiger partial charge in [-0.1, -0.05) is 11.6 Å². The monoisotopic (exact) mass is 413 g/mol. The standard InChI is InChI=1S/C16H17BrClN3O3/c17-13-4-1-10(18)9-12(13)15(23)20-5-7-21(8-6-20)16(24)14(22)19-11-2-3-11/h1,4,9,11H,2-3,5-8H2,(H,19,22). The molecule has 6 nitrogen and oxygen atoms in total. The van der Waals surface area contributed by atoms with Crippen LogP contribution in [-0.4, -0.2) is 59.7 Å². The first-order valence-electron chi connectivity index (χ1n) is 7.80. The van der Waals surface area contributed by atoms with E-state index in [1.807, 2.05) is 0 Å². The molecule has 0 radical (unpaired) electrons. The van der Waals surface area contributed by atoms with E-state index < -0.39 is 11.8 Å². The quantitative estimate of drug-likeness (QED) is 0.749. The summed E-state index contributed by atoms with van der Waals surface area (Å²) in [5.74, 6) is -1.20. The van der Waals surface area contributed by atoms with Gasteiger partial charge in [-0.3, -0.25) is 14.4 Å². The lowest BCUT2D eigenvalue weighted by molar-refractivity contribution is -0.146. The van der Waals surface area contributed by atoms with Crippen molar-refractivity contribution in [3.8, 4) is 0 Å². The summed E-state index contributed by atoms with van der Waals surface area (Å²) < 4.78 is 0.680. The Balaban J connectivity index is 1.58. The maximum absolute atomic E-state index is 12.6. The SMILES string of the molecule is O=C(NC1CC1)C(=O)N1CCN(C(=O)c2cc(Cl)ccc2Br)CC1. The Hall–Kier alpha value is -1.60. The minimum atomic E-state index is -0.546. The van der Waals surface area contributed by atoms with Crippen molar-refractivity contribution in [1.29, 1.82) is 0 Å². The van der Waals surface area contributed by atoms with Gasteiger partial charge >= 0.3 is 11.8 Å². The number of nitrogens with zero attached hydrogens (tertiary/aromatic N) is 2. The third kappa shape index (κ3) is 3.89. The van der Waals surface area contributed by atoms with Gasteiger partial charge in [-0.15, -0.1) is 0 Å². The number of halogens is 2. The second kappa shape index (κ2) is 7.11. The normalized spacial score (nSPS) is 17.6. The summed E-state index contributed by atoms with van der Waals surface area (Å²) in [5.41, 5.74) is 0.494. The molecule has 1 heterocycles. The van der Waals surface area contributed by atoms with E-state index in [0.717, 1.165) is 12.8 Å². The first-order chi connectivity index (χ1) is 11.5. The van der Waals surface area contributed by atoms with Crippen molar-refractivity contribution in [2.24, 2.45) is 0 Å². The molecule has 1 aliphatic carbocycles. The second-order valence-electron chi connectivity index (χ2n) is 5.96. The Kier molecular flexibility index (Phi) is 5.10. The molecule has 0 atom stereocenters. The van der Waals surface area contributed by atoms with Crippen molar-refractivity contribution in [3.63, 3.8) is 0 Å². The first kappa shape index (κ1) is 17.2. The molecule has 24 heavy (non-hydrogen) atoms. The molecule has 1 aromatic carbocycles. The molecule has 3 amide bonds. The lowest BCUT2D eigenvalue weighted by Crippen LogP contribution is -2.54. The second-order valence-corrected chi connectivity index (χ2v) is 7.25. The number of benzene rings is 1. The third-order valence-electron chi connectivity index (χ3n) is 4.12. The molecule has 0 unspecified atom stereocenters. The van der Waals surface area contributed by atoms with Gasteiger partial charge in [0.15, 0.2) is 0 Å². The van der Waals surface area contributed by atoms with Crippen molar-refractivity contribution < 1.29 is 14.4 Å². The number of amides is 3. The zero-order valence-corrected chi connectivity index (χ0v) is 15.3. The van der Waals surface area contributed by atoms with Crippen molar-refractivity contribution in [2.45, 2.75) is 18.9 Å². The average molecular weight is 415 g/mol. The third-order valence-corrected chi connectivity index (χ3v) is 5.05. The average Bonchev–Trinajstić information content (AvgIpc) is 3.40. The van der Waals surface area contributed by atoms with Gasteiger partial charge in [-0.2, -0.15) is 0 Å². The summed E-state index contributed by atoms with van der Waals surface area (Å²) in [6, 6.07) is 5.22. The van der Waals surface area contributed by atoms with Crippen LogP contribution in [0.4, 0.5) is 0 Å². The minimum absolute atomic E-state index is 0.140. The van der Waals surface area contributed by atoms with Crippen LogP contribution in [0, 0.1) is 0 Å². The molecule has 8 heteroatoms. The van der Waals surface area contributed by atoms with Crippen LogP contribution in [0.3, 0.4) is 0 Å². The molecule has 0 aromatic heterocycles. The molecule has 128 valence electrons. The lowest BCUT2D eigenvalue weighted by Gasteiger charge is -2.34. The maximum Gasteiger partial charge on any atom is 0.312 e. The van der Waals surface area contributed by atoms with Crippen molar-refractivity contribution in [2.75, 3.05) is 26.2 Å². The van der Waals surface area contributed by atoms with E-state index in [2.05, 4.69) is 21.2 Å². The van der Waals surface area contributed by atoms with Crippen LogP contribution in [0.5, 0.6) is 0 Å². The Bertz CT molecular complexity index is 685. The predicted octanol–water partition coefficient (Wildman–Crippen LogP) is 1.67. The van der Waals surface area contributed by atoms with Gasteiger partial charge in [0.2, 0.25) is 0 Å². The molecular weight excluding hydrogens is 398 g/mol. The molecule has 1 aromatic rings. The lowest BCUT2D eigenvalue weighted by atomic mass is 10.2. The highest BCUT2D eigenvalue weighted by Crippen LogP contribution is 2.23. The molecule has 2 fully saturated rings. The molecule has 0 spiro atoms. The van der Waals surface area contributed by atoms with E-state index in [1.54, 1.807) is 23.1 Å². The fourth-order valence-corrected chi connectivity index (χ4v) is 3.15. The molecule has 0 bridgehead atoms. The molecular formula is C16H17BrClN3O3. The highest BCUT2D eigenvalue weighted by atomic mass is 79.9. The zero-order valence-electron chi connectivity index (χ0n) is 12.9. The van der Waals surface area contributed by atoms with Gasteiger partial charge in [-0.25, -0.2) is 0 Å². The summed E-state index contributed by atoms with van der Waals surface area (Å²) in [7, 11) is 0. The summed E-state index contributed by atoms with van der Waals surface area (Å²) in [6.07, 6.45) is 1.88. The summed E-state index contributed by atoms with van der Waals surface area (Å²) in [6.45, 7) is 1.47. The summed E-state index contributed by atoms with van der Waals surface area (Å²) in [5, 5.41) is 3.19. The Morgan fingerprint density at radius 3 is 2.33 bits per heavy atom. The van der Waals surface area contributed by atoms with E-state index in [1.165, 1.54) is 4.90 Å². The van der Waals surface area contributed by atoms with Crippen molar-refractivity contribution in [3.05, 3.63) is 33.3 Å². The van der Waals surface area contributed by atoms with Crippen LogP contribution in [0.1, 0.15) is 23.2 Å². The number of carbonyl (C=O) groups is 3. The van der Waals surface area contributed by atoms with E-state index in [9.17, 15) is 14.4 Å². The van der Waals surface area contributed by atoms with Crippen LogP contribution < -0.4 is 5.32 Å². The number of hydrogen-bond donors (Lipinski definition) is 1. The first-order valence-corrected chi connectivity index (χ1v) is 8.97. The molecule has 3 rings (SSSR count). The summed E-state index contributed by atoms with van der Waals surface area (Å²) >= 11 is 9.31. The Morgan fingerprint density at radius 2 is 1.71 bits per heavy atom. The molecule has 1 saturated heterocycles. The number of nitrogens with one attached hydrogen (secondary N) is 1. The van der Waals surface area contributed by atoms with Crippen LogP contribution in [0.25, 0.3) is 0 Å². The van der Waals surface area contributed by atoms with Crippen LogP contribution in [0.2, 0.25) is 5.02 Å². The van der Waals surface area contributed by atoms with Gasteiger partial charge in [0, 0.05) is 41.7 Å². The van der Waals surface area contributed by atoms with E-state index in [-0.39, 0.29) is 11.9 Å². The number of piperazine rings is 1. The Labute approximate surface area is 153 Å². The number of rotatable bonds is 2. The fraction of sp³-hybridized carbons (Fsp3) is 0.438. The predicted molar refractivity (Wildman–Crippen MR) is 92.8 cm³/mol. The Morgan fingerprint density at radius 1 is 1.08 bits per heavy atom. The fourth-order valence-electron chi connectivity index (χ4n) is 2.56. The van der Waals surface area contributed by atoms with Gasteiger partial charge in [-0.05, 0) is 47.0 Å². The van der Waals surface area contributed by atoms with Gasteiger partial charge in [0.25, 0.3) is 5.91 Å². The largest absolute Gasteiger partial charge is 0.345 e. The summed E-state index contributed by atoms with van der Waals surface area (Å²) in [4.78, 5) is 39.7. The van der Waals surface area contributed by atoms with E-state index >= 15 is 0 Å². The minimum Gasteiger partial charge on any atom is -0.345 e. The van der Waals surface area contributed by atoms with Crippen LogP contribution in [-0.2, 0) is 9.59 Å². The van der Waals surface area contributed by atoms with E-state index in [0.29, 0.717) is 41.2 Å². The van der Waals surface area contributed by atoms with Crippen molar-refractivity contribution in [1.82, 2.24) is 15.1 Å². The van der Waals surface area contributed by atoms with E-state index in [4.69, 9.17) is 11.6 Å². The van der Waals surface area contributed by atoms with Crippen molar-refractivity contribution >= 4 is 45.3 Å². The molecule has 1 N–H and O–H groups in total. The number of carbonyl (C=O) groups excluding carboxylic acids is 3.